The van der Waals surface area contributed by atoms with Gasteiger partial charge in [0.15, 0.2) is 0 Å². The third kappa shape index (κ3) is 4.44. The minimum absolute atomic E-state index is 0.324. The monoisotopic (exact) mass is 267 g/mol. The van der Waals surface area contributed by atoms with Crippen LogP contribution < -0.4 is 5.73 Å². The molecule has 0 aromatic carbocycles. The summed E-state index contributed by atoms with van der Waals surface area (Å²) in [7, 11) is 0. The first kappa shape index (κ1) is 15.3. The van der Waals surface area contributed by atoms with E-state index >= 15 is 0 Å². The maximum atomic E-state index is 6.36. The Labute approximate surface area is 119 Å². The van der Waals surface area contributed by atoms with Crippen molar-refractivity contribution in [3.8, 4) is 0 Å². The molecule has 2 unspecified atom stereocenters. The predicted molar refractivity (Wildman–Crippen MR) is 82.3 cm³/mol. The smallest absolute Gasteiger partial charge is 0.0126 e. The summed E-state index contributed by atoms with van der Waals surface area (Å²) in [5, 5.41) is 0. The fraction of sp³-hybridized carbons (Fsp3) is 1.00. The van der Waals surface area contributed by atoms with E-state index in [1.807, 2.05) is 0 Å². The molecule has 0 spiro atoms. The molecule has 0 amide bonds. The normalized spacial score (nSPS) is 32.2. The Morgan fingerprint density at radius 2 is 1.58 bits per heavy atom. The molecule has 0 aromatic rings. The summed E-state index contributed by atoms with van der Waals surface area (Å²) in [5.74, 6) is 0.740. The standard InChI is InChI=1S/C16H33N3/c1-16(2,3)19-11-9-18(10-12-19)13-14-7-5-4-6-8-15(14)17/h14-15H,4-13,17H2,1-3H3. The van der Waals surface area contributed by atoms with Gasteiger partial charge in [0.05, 0.1) is 0 Å². The second-order valence-corrected chi connectivity index (χ2v) is 7.52. The lowest BCUT2D eigenvalue weighted by molar-refractivity contribution is 0.0526. The van der Waals surface area contributed by atoms with Crippen LogP contribution in [0.1, 0.15) is 52.9 Å². The summed E-state index contributed by atoms with van der Waals surface area (Å²) in [4.78, 5) is 5.26. The van der Waals surface area contributed by atoms with E-state index in [0.29, 0.717) is 11.6 Å². The molecule has 2 rings (SSSR count). The number of piperazine rings is 1. The van der Waals surface area contributed by atoms with Gasteiger partial charge in [-0.05, 0) is 39.5 Å². The highest BCUT2D eigenvalue weighted by atomic mass is 15.3. The minimum atomic E-state index is 0.324. The van der Waals surface area contributed by atoms with Gasteiger partial charge in [-0.1, -0.05) is 19.3 Å². The molecule has 3 heteroatoms. The van der Waals surface area contributed by atoms with Crippen molar-refractivity contribution in [2.24, 2.45) is 11.7 Å². The van der Waals surface area contributed by atoms with E-state index in [4.69, 9.17) is 5.73 Å². The Hall–Kier alpha value is -0.120. The van der Waals surface area contributed by atoms with E-state index in [1.165, 1.54) is 64.8 Å². The molecule has 1 heterocycles. The maximum absolute atomic E-state index is 6.36. The first-order valence-electron chi connectivity index (χ1n) is 8.20. The van der Waals surface area contributed by atoms with Crippen LogP contribution in [0, 0.1) is 5.92 Å². The lowest BCUT2D eigenvalue weighted by Gasteiger charge is -2.43. The summed E-state index contributed by atoms with van der Waals surface area (Å²) in [6, 6.07) is 0.447. The zero-order chi connectivity index (χ0) is 13.9. The average Bonchev–Trinajstić information content (AvgIpc) is 2.55. The number of hydrogen-bond acceptors (Lipinski definition) is 3. The van der Waals surface area contributed by atoms with Gasteiger partial charge < -0.3 is 10.6 Å². The Kier molecular flexibility index (Phi) is 5.27. The van der Waals surface area contributed by atoms with Crippen LogP contribution in [0.5, 0.6) is 0 Å². The second kappa shape index (κ2) is 6.55. The zero-order valence-corrected chi connectivity index (χ0v) is 13.2. The maximum Gasteiger partial charge on any atom is 0.0126 e. The van der Waals surface area contributed by atoms with Crippen molar-refractivity contribution in [1.29, 1.82) is 0 Å². The summed E-state index contributed by atoms with van der Waals surface area (Å²) >= 11 is 0. The quantitative estimate of drug-likeness (QED) is 0.779. The van der Waals surface area contributed by atoms with Crippen LogP contribution in [-0.4, -0.2) is 54.1 Å². The highest BCUT2D eigenvalue weighted by Crippen LogP contribution is 2.24. The van der Waals surface area contributed by atoms with Crippen molar-refractivity contribution < 1.29 is 0 Å². The van der Waals surface area contributed by atoms with E-state index in [1.54, 1.807) is 0 Å². The van der Waals surface area contributed by atoms with Gasteiger partial charge in [0.1, 0.15) is 0 Å². The number of hydrogen-bond donors (Lipinski definition) is 1. The fourth-order valence-corrected chi connectivity index (χ4v) is 3.57. The van der Waals surface area contributed by atoms with Gasteiger partial charge in [-0.15, -0.1) is 0 Å². The third-order valence-corrected chi connectivity index (χ3v) is 5.03. The molecule has 2 aliphatic rings. The Morgan fingerprint density at radius 1 is 0.947 bits per heavy atom. The van der Waals surface area contributed by atoms with Crippen molar-refractivity contribution in [3.05, 3.63) is 0 Å². The molecule has 0 bridgehead atoms. The molecule has 2 atom stereocenters. The molecule has 1 aliphatic heterocycles. The topological polar surface area (TPSA) is 32.5 Å². The summed E-state index contributed by atoms with van der Waals surface area (Å²) < 4.78 is 0. The van der Waals surface area contributed by atoms with Crippen molar-refractivity contribution >= 4 is 0 Å². The number of nitrogens with two attached hydrogens (primary N) is 1. The third-order valence-electron chi connectivity index (χ3n) is 5.03. The highest BCUT2D eigenvalue weighted by molar-refractivity contribution is 4.85. The zero-order valence-electron chi connectivity index (χ0n) is 13.2. The molecule has 3 nitrogen and oxygen atoms in total. The van der Waals surface area contributed by atoms with Crippen LogP contribution >= 0.6 is 0 Å². The highest BCUT2D eigenvalue weighted by Gasteiger charge is 2.28. The van der Waals surface area contributed by atoms with E-state index in [2.05, 4.69) is 30.6 Å². The fourth-order valence-electron chi connectivity index (χ4n) is 3.57. The van der Waals surface area contributed by atoms with Gasteiger partial charge in [-0.25, -0.2) is 0 Å². The summed E-state index contributed by atoms with van der Waals surface area (Å²) in [6.07, 6.45) is 6.71. The van der Waals surface area contributed by atoms with Crippen LogP contribution in [0.15, 0.2) is 0 Å². The molecule has 0 aromatic heterocycles. The molecule has 0 radical (unpaired) electrons. The van der Waals surface area contributed by atoms with Crippen molar-refractivity contribution in [2.75, 3.05) is 32.7 Å². The Morgan fingerprint density at radius 3 is 2.21 bits per heavy atom. The molecular weight excluding hydrogens is 234 g/mol. The summed E-state index contributed by atoms with van der Waals surface area (Å²) in [6.45, 7) is 13.1. The summed E-state index contributed by atoms with van der Waals surface area (Å²) in [5.41, 5.74) is 6.68. The predicted octanol–water partition coefficient (Wildman–Crippen LogP) is 2.31. The first-order chi connectivity index (χ1) is 8.97. The number of nitrogens with zero attached hydrogens (tertiary/aromatic N) is 2. The van der Waals surface area contributed by atoms with E-state index in [0.717, 1.165) is 5.92 Å². The van der Waals surface area contributed by atoms with Gasteiger partial charge >= 0.3 is 0 Å². The molecular formula is C16H33N3. The van der Waals surface area contributed by atoms with Gasteiger partial charge in [0, 0.05) is 44.3 Å². The molecule has 112 valence electrons. The molecule has 2 N–H and O–H groups in total. The van der Waals surface area contributed by atoms with Crippen LogP contribution in [-0.2, 0) is 0 Å². The number of rotatable bonds is 2. The van der Waals surface area contributed by atoms with Gasteiger partial charge in [-0.2, -0.15) is 0 Å². The Bertz CT molecular complexity index is 264. The molecule has 1 saturated carbocycles. The van der Waals surface area contributed by atoms with Gasteiger partial charge in [0.25, 0.3) is 0 Å². The van der Waals surface area contributed by atoms with Gasteiger partial charge in [0.2, 0.25) is 0 Å². The van der Waals surface area contributed by atoms with Crippen molar-refractivity contribution in [1.82, 2.24) is 9.80 Å². The van der Waals surface area contributed by atoms with Crippen LogP contribution in [0.2, 0.25) is 0 Å². The Balaban J connectivity index is 1.78. The van der Waals surface area contributed by atoms with E-state index in [-0.39, 0.29) is 0 Å². The molecule has 2 fully saturated rings. The first-order valence-corrected chi connectivity index (χ1v) is 8.20. The molecule has 1 aliphatic carbocycles. The van der Waals surface area contributed by atoms with E-state index in [9.17, 15) is 0 Å². The van der Waals surface area contributed by atoms with Crippen LogP contribution in [0.25, 0.3) is 0 Å². The van der Waals surface area contributed by atoms with Crippen molar-refractivity contribution in [2.45, 2.75) is 64.5 Å². The second-order valence-electron chi connectivity index (χ2n) is 7.52. The SMILES string of the molecule is CC(C)(C)N1CCN(CC2CCCCCC2N)CC1. The largest absolute Gasteiger partial charge is 0.327 e. The van der Waals surface area contributed by atoms with Crippen LogP contribution in [0.3, 0.4) is 0 Å². The molecule has 19 heavy (non-hydrogen) atoms. The van der Waals surface area contributed by atoms with Crippen LogP contribution in [0.4, 0.5) is 0 Å². The average molecular weight is 267 g/mol. The van der Waals surface area contributed by atoms with E-state index < -0.39 is 0 Å². The lowest BCUT2D eigenvalue weighted by atomic mass is 9.94. The lowest BCUT2D eigenvalue weighted by Crippen LogP contribution is -2.54. The van der Waals surface area contributed by atoms with Gasteiger partial charge in [-0.3, -0.25) is 4.90 Å². The van der Waals surface area contributed by atoms with Crippen molar-refractivity contribution in [3.63, 3.8) is 0 Å². The minimum Gasteiger partial charge on any atom is -0.327 e. The molecule has 1 saturated heterocycles.